The molecule has 0 unspecified atom stereocenters. The molecule has 0 aliphatic carbocycles. The predicted molar refractivity (Wildman–Crippen MR) is 127 cm³/mol. The molecule has 1 aromatic heterocycles. The van der Waals surface area contributed by atoms with Crippen LogP contribution in [0.1, 0.15) is 43.4 Å². The van der Waals surface area contributed by atoms with Crippen molar-refractivity contribution in [2.45, 2.75) is 52.8 Å². The van der Waals surface area contributed by atoms with Crippen LogP contribution in [-0.2, 0) is 26.1 Å². The SMILES string of the molecule is CCCN(CCC)Cc1ccc(CCn2ccc(OCc3ccc(F)cc3)cc2=O)cc1. The summed E-state index contributed by atoms with van der Waals surface area (Å²) in [5, 5.41) is 0. The first-order valence-electron chi connectivity index (χ1n) is 11.4. The molecule has 0 saturated carbocycles. The van der Waals surface area contributed by atoms with Crippen LogP contribution in [-0.4, -0.2) is 22.6 Å². The van der Waals surface area contributed by atoms with E-state index in [1.54, 1.807) is 29.0 Å². The summed E-state index contributed by atoms with van der Waals surface area (Å²) in [6.45, 7) is 8.60. The van der Waals surface area contributed by atoms with Crippen LogP contribution >= 0.6 is 0 Å². The van der Waals surface area contributed by atoms with Gasteiger partial charge in [0.05, 0.1) is 0 Å². The van der Waals surface area contributed by atoms with E-state index in [0.717, 1.165) is 31.6 Å². The lowest BCUT2D eigenvalue weighted by Gasteiger charge is -2.21. The Hall–Kier alpha value is -2.92. The predicted octanol–water partition coefficient (Wildman–Crippen LogP) is 5.43. The maximum Gasteiger partial charge on any atom is 0.254 e. The zero-order valence-corrected chi connectivity index (χ0v) is 19.1. The molecule has 0 N–H and O–H groups in total. The summed E-state index contributed by atoms with van der Waals surface area (Å²) < 4.78 is 20.3. The van der Waals surface area contributed by atoms with Crippen LogP contribution in [0, 0.1) is 5.82 Å². The van der Waals surface area contributed by atoms with Gasteiger partial charge in [-0.05, 0) is 67.2 Å². The Kier molecular flexibility index (Phi) is 9.05. The van der Waals surface area contributed by atoms with Crippen molar-refractivity contribution in [2.24, 2.45) is 0 Å². The molecule has 3 rings (SSSR count). The van der Waals surface area contributed by atoms with Gasteiger partial charge in [0.15, 0.2) is 0 Å². The van der Waals surface area contributed by atoms with Gasteiger partial charge >= 0.3 is 0 Å². The van der Waals surface area contributed by atoms with E-state index in [0.29, 0.717) is 18.9 Å². The van der Waals surface area contributed by atoms with E-state index in [4.69, 9.17) is 4.74 Å². The van der Waals surface area contributed by atoms with Gasteiger partial charge in [0.2, 0.25) is 0 Å². The number of rotatable bonds is 12. The van der Waals surface area contributed by atoms with Gasteiger partial charge < -0.3 is 9.30 Å². The summed E-state index contributed by atoms with van der Waals surface area (Å²) >= 11 is 0. The summed E-state index contributed by atoms with van der Waals surface area (Å²) in [5.41, 5.74) is 3.31. The summed E-state index contributed by atoms with van der Waals surface area (Å²) in [6, 6.07) is 18.2. The van der Waals surface area contributed by atoms with Crippen molar-refractivity contribution in [3.05, 3.63) is 99.7 Å². The molecule has 0 spiro atoms. The van der Waals surface area contributed by atoms with Gasteiger partial charge in [0.1, 0.15) is 18.2 Å². The second-order valence-corrected chi connectivity index (χ2v) is 8.15. The lowest BCUT2D eigenvalue weighted by Crippen LogP contribution is -2.24. The molecule has 32 heavy (non-hydrogen) atoms. The van der Waals surface area contributed by atoms with Gasteiger partial charge in [-0.3, -0.25) is 9.69 Å². The molecule has 0 amide bonds. The molecule has 0 saturated heterocycles. The highest BCUT2D eigenvalue weighted by Gasteiger charge is 2.05. The van der Waals surface area contributed by atoms with Gasteiger partial charge in [-0.1, -0.05) is 50.2 Å². The third kappa shape index (κ3) is 7.34. The van der Waals surface area contributed by atoms with Crippen LogP contribution in [0.15, 0.2) is 71.7 Å². The van der Waals surface area contributed by atoms with E-state index in [-0.39, 0.29) is 11.4 Å². The molecule has 170 valence electrons. The maximum atomic E-state index is 13.0. The average molecular weight is 437 g/mol. The number of aryl methyl sites for hydroxylation is 2. The molecule has 4 nitrogen and oxygen atoms in total. The van der Waals surface area contributed by atoms with Crippen LogP contribution in [0.25, 0.3) is 0 Å². The van der Waals surface area contributed by atoms with Gasteiger partial charge in [-0.25, -0.2) is 4.39 Å². The smallest absolute Gasteiger partial charge is 0.254 e. The zero-order valence-electron chi connectivity index (χ0n) is 19.1. The third-order valence-electron chi connectivity index (χ3n) is 5.44. The second kappa shape index (κ2) is 12.2. The van der Waals surface area contributed by atoms with E-state index in [1.165, 1.54) is 42.2 Å². The molecule has 5 heteroatoms. The minimum Gasteiger partial charge on any atom is -0.489 e. The molecular formula is C27H33FN2O2. The lowest BCUT2D eigenvalue weighted by atomic mass is 10.1. The van der Waals surface area contributed by atoms with Crippen LogP contribution < -0.4 is 10.3 Å². The monoisotopic (exact) mass is 436 g/mol. The molecule has 0 fully saturated rings. The molecule has 1 heterocycles. The van der Waals surface area contributed by atoms with E-state index >= 15 is 0 Å². The molecular weight excluding hydrogens is 403 g/mol. The van der Waals surface area contributed by atoms with Crippen LogP contribution in [0.4, 0.5) is 4.39 Å². The second-order valence-electron chi connectivity index (χ2n) is 8.15. The molecule has 0 atom stereocenters. The van der Waals surface area contributed by atoms with Gasteiger partial charge in [0.25, 0.3) is 5.56 Å². The Morgan fingerprint density at radius 1 is 0.875 bits per heavy atom. The number of aromatic nitrogens is 1. The van der Waals surface area contributed by atoms with Crippen molar-refractivity contribution in [1.29, 1.82) is 0 Å². The highest BCUT2D eigenvalue weighted by Crippen LogP contribution is 2.12. The van der Waals surface area contributed by atoms with Crippen molar-refractivity contribution in [2.75, 3.05) is 13.1 Å². The number of benzene rings is 2. The number of hydrogen-bond acceptors (Lipinski definition) is 3. The van der Waals surface area contributed by atoms with E-state index in [1.807, 2.05) is 0 Å². The Morgan fingerprint density at radius 3 is 2.12 bits per heavy atom. The fourth-order valence-electron chi connectivity index (χ4n) is 3.73. The van der Waals surface area contributed by atoms with Crippen molar-refractivity contribution in [1.82, 2.24) is 9.47 Å². The van der Waals surface area contributed by atoms with Crippen LogP contribution in [0.2, 0.25) is 0 Å². The number of pyridine rings is 1. The first kappa shape index (κ1) is 23.7. The molecule has 3 aromatic rings. The average Bonchev–Trinajstić information content (AvgIpc) is 2.79. The Labute approximate surface area is 190 Å². The topological polar surface area (TPSA) is 34.5 Å². The lowest BCUT2D eigenvalue weighted by molar-refractivity contribution is 0.266. The summed E-state index contributed by atoms with van der Waals surface area (Å²) in [7, 11) is 0. The van der Waals surface area contributed by atoms with E-state index in [9.17, 15) is 9.18 Å². The fraction of sp³-hybridized carbons (Fsp3) is 0.370. The maximum absolute atomic E-state index is 13.0. The van der Waals surface area contributed by atoms with Gasteiger partial charge in [-0.15, -0.1) is 0 Å². The number of halogens is 1. The first-order chi connectivity index (χ1) is 15.6. The fourth-order valence-corrected chi connectivity index (χ4v) is 3.73. The van der Waals surface area contributed by atoms with Gasteiger partial charge in [-0.2, -0.15) is 0 Å². The summed E-state index contributed by atoms with van der Waals surface area (Å²) in [4.78, 5) is 14.9. The normalized spacial score (nSPS) is 11.1. The zero-order chi connectivity index (χ0) is 22.8. The number of nitrogens with zero attached hydrogens (tertiary/aromatic N) is 2. The molecule has 2 aromatic carbocycles. The summed E-state index contributed by atoms with van der Waals surface area (Å²) in [6.07, 6.45) is 4.90. The van der Waals surface area contributed by atoms with Crippen molar-refractivity contribution >= 4 is 0 Å². The van der Waals surface area contributed by atoms with Crippen LogP contribution in [0.3, 0.4) is 0 Å². The third-order valence-corrected chi connectivity index (χ3v) is 5.44. The highest BCUT2D eigenvalue weighted by molar-refractivity contribution is 5.23. The minimum absolute atomic E-state index is 0.0898. The number of ether oxygens (including phenoxy) is 1. The Bertz CT molecular complexity index is 1010. The largest absolute Gasteiger partial charge is 0.489 e. The quantitative estimate of drug-likeness (QED) is 0.380. The first-order valence-corrected chi connectivity index (χ1v) is 11.4. The molecule has 0 aliphatic heterocycles. The molecule has 0 radical (unpaired) electrons. The molecule has 0 bridgehead atoms. The molecule has 0 aliphatic rings. The standard InChI is InChI=1S/C27H33FN2O2/c1-3-15-29(16-4-2)20-23-7-5-22(6-8-23)13-17-30-18-14-26(19-27(30)31)32-21-24-9-11-25(28)12-10-24/h5-12,14,18-19H,3-4,13,15-17,20-21H2,1-2H3. The Balaban J connectivity index is 1.51. The van der Waals surface area contributed by atoms with Gasteiger partial charge in [0, 0.05) is 25.4 Å². The van der Waals surface area contributed by atoms with E-state index < -0.39 is 0 Å². The minimum atomic E-state index is -0.277. The van der Waals surface area contributed by atoms with Crippen molar-refractivity contribution in [3.8, 4) is 5.75 Å². The Morgan fingerprint density at radius 2 is 1.50 bits per heavy atom. The number of hydrogen-bond donors (Lipinski definition) is 0. The highest BCUT2D eigenvalue weighted by atomic mass is 19.1. The van der Waals surface area contributed by atoms with Crippen molar-refractivity contribution < 1.29 is 9.13 Å². The van der Waals surface area contributed by atoms with Crippen molar-refractivity contribution in [3.63, 3.8) is 0 Å². The van der Waals surface area contributed by atoms with Crippen LogP contribution in [0.5, 0.6) is 5.75 Å². The van der Waals surface area contributed by atoms with E-state index in [2.05, 4.69) is 43.0 Å². The summed E-state index contributed by atoms with van der Waals surface area (Å²) in [5.74, 6) is 0.240.